The summed E-state index contributed by atoms with van der Waals surface area (Å²) in [6.45, 7) is 0.230. The fraction of sp³-hybridized carbons (Fsp3) is 0.0435. The van der Waals surface area contributed by atoms with E-state index in [0.717, 1.165) is 0 Å². The number of amides is 1. The first-order chi connectivity index (χ1) is 17.3. The van der Waals surface area contributed by atoms with E-state index in [1.807, 2.05) is 0 Å². The zero-order valence-electron chi connectivity index (χ0n) is 18.3. The third-order valence-corrected chi connectivity index (χ3v) is 7.63. The Morgan fingerprint density at radius 3 is 2.64 bits per heavy atom. The molecule has 182 valence electrons. The Labute approximate surface area is 215 Å². The Hall–Kier alpha value is -3.93. The highest BCUT2D eigenvalue weighted by Gasteiger charge is 2.20. The smallest absolute Gasteiger partial charge is 0.263 e. The van der Waals surface area contributed by atoms with Crippen molar-refractivity contribution in [1.29, 1.82) is 0 Å². The molecule has 0 radical (unpaired) electrons. The van der Waals surface area contributed by atoms with Gasteiger partial charge in [0.2, 0.25) is 0 Å². The number of fused-ring (bicyclic) bond motifs is 1. The van der Waals surface area contributed by atoms with Gasteiger partial charge in [0.1, 0.15) is 10.7 Å². The van der Waals surface area contributed by atoms with Crippen LogP contribution in [0.2, 0.25) is 10.0 Å². The lowest BCUT2D eigenvalue weighted by Crippen LogP contribution is -2.23. The first-order valence-corrected chi connectivity index (χ1v) is 12.7. The van der Waals surface area contributed by atoms with Crippen LogP contribution in [0, 0.1) is 0 Å². The van der Waals surface area contributed by atoms with Crippen LogP contribution in [0.3, 0.4) is 0 Å². The van der Waals surface area contributed by atoms with Gasteiger partial charge in [-0.1, -0.05) is 41.4 Å². The molecule has 13 heteroatoms. The molecule has 2 aromatic carbocycles. The zero-order valence-corrected chi connectivity index (χ0v) is 20.6. The molecule has 0 saturated carbocycles. The predicted octanol–water partition coefficient (Wildman–Crippen LogP) is 4.39. The van der Waals surface area contributed by atoms with Gasteiger partial charge in [0, 0.05) is 23.6 Å². The van der Waals surface area contributed by atoms with Gasteiger partial charge in [0.15, 0.2) is 5.65 Å². The molecule has 5 rings (SSSR count). The average Bonchev–Trinajstić information content (AvgIpc) is 3.56. The highest BCUT2D eigenvalue weighted by atomic mass is 35.5. The van der Waals surface area contributed by atoms with Crippen LogP contribution in [0.4, 0.5) is 5.69 Å². The second kappa shape index (κ2) is 9.61. The molecular formula is C23H17Cl2N7O3S. The molecule has 4 N–H and O–H groups in total. The van der Waals surface area contributed by atoms with Gasteiger partial charge >= 0.3 is 0 Å². The normalized spacial score (nSPS) is 11.5. The number of rotatable bonds is 7. The van der Waals surface area contributed by atoms with E-state index in [1.54, 1.807) is 42.7 Å². The van der Waals surface area contributed by atoms with Gasteiger partial charge in [0.25, 0.3) is 15.9 Å². The van der Waals surface area contributed by atoms with E-state index in [-0.39, 0.29) is 27.4 Å². The van der Waals surface area contributed by atoms with Crippen molar-refractivity contribution < 1.29 is 13.2 Å². The summed E-state index contributed by atoms with van der Waals surface area (Å²) in [4.78, 5) is 24.4. The summed E-state index contributed by atoms with van der Waals surface area (Å²) in [6.07, 6.45) is 4.81. The van der Waals surface area contributed by atoms with E-state index in [2.05, 4.69) is 35.2 Å². The molecule has 3 aromatic heterocycles. The summed E-state index contributed by atoms with van der Waals surface area (Å²) in [5.41, 5.74) is 2.30. The highest BCUT2D eigenvalue weighted by molar-refractivity contribution is 7.92. The van der Waals surface area contributed by atoms with Crippen LogP contribution in [-0.4, -0.2) is 39.5 Å². The molecule has 0 aliphatic carbocycles. The van der Waals surface area contributed by atoms with E-state index < -0.39 is 10.0 Å². The molecule has 3 heterocycles. The molecule has 0 spiro atoms. The molecule has 0 aliphatic rings. The molecule has 0 aliphatic heterocycles. The molecule has 10 nitrogen and oxygen atoms in total. The second-order valence-electron chi connectivity index (χ2n) is 7.64. The molecule has 36 heavy (non-hydrogen) atoms. The van der Waals surface area contributed by atoms with Crippen LogP contribution < -0.4 is 10.0 Å². The van der Waals surface area contributed by atoms with E-state index >= 15 is 0 Å². The van der Waals surface area contributed by atoms with E-state index in [0.29, 0.717) is 39.4 Å². The van der Waals surface area contributed by atoms with Crippen molar-refractivity contribution in [3.05, 3.63) is 88.6 Å². The molecular weight excluding hydrogens is 525 g/mol. The number of hydrogen-bond acceptors (Lipinski definition) is 6. The topological polar surface area (TPSA) is 146 Å². The number of carbonyl (C=O) groups excluding carboxylic acids is 1. The van der Waals surface area contributed by atoms with Crippen LogP contribution in [0.15, 0.2) is 72.0 Å². The van der Waals surface area contributed by atoms with Crippen LogP contribution in [0.25, 0.3) is 22.3 Å². The number of pyridine rings is 1. The van der Waals surface area contributed by atoms with Crippen molar-refractivity contribution in [2.45, 2.75) is 11.4 Å². The lowest BCUT2D eigenvalue weighted by molar-refractivity contribution is 0.0951. The Bertz CT molecular complexity index is 1670. The number of imidazole rings is 1. The SMILES string of the molecule is O=C(NCc1ncc[nH]1)c1cc(-c2ccc(NS(=O)(=O)c3cccc(Cl)c3Cl)cc2)nc2[nH]ncc12. The standard InChI is InChI=1S/C23H17Cl2N7O3S/c24-17-2-1-3-19(21(17)25)36(34,35)32-14-6-4-13(5-7-14)18-10-15(16-11-29-31-22(16)30-18)23(33)28-12-20-26-8-9-27-20/h1-11,32H,12H2,(H,26,27)(H,28,33)(H,29,30,31). The third-order valence-electron chi connectivity index (χ3n) is 5.28. The monoisotopic (exact) mass is 541 g/mol. The first kappa shape index (κ1) is 23.8. The summed E-state index contributed by atoms with van der Waals surface area (Å²) in [5.74, 6) is 0.308. The lowest BCUT2D eigenvalue weighted by atomic mass is 10.1. The van der Waals surface area contributed by atoms with Crippen LogP contribution >= 0.6 is 23.2 Å². The minimum atomic E-state index is -3.96. The minimum absolute atomic E-state index is 0.0572. The maximum Gasteiger partial charge on any atom is 0.263 e. The fourth-order valence-electron chi connectivity index (χ4n) is 3.53. The molecule has 0 atom stereocenters. The summed E-state index contributed by atoms with van der Waals surface area (Å²) < 4.78 is 28.1. The number of halogens is 2. The maximum absolute atomic E-state index is 12.9. The van der Waals surface area contributed by atoms with Crippen molar-refractivity contribution in [3.8, 4) is 11.3 Å². The summed E-state index contributed by atoms with van der Waals surface area (Å²) >= 11 is 12.0. The Morgan fingerprint density at radius 2 is 1.89 bits per heavy atom. The minimum Gasteiger partial charge on any atom is -0.347 e. The molecule has 0 unspecified atom stereocenters. The summed E-state index contributed by atoms with van der Waals surface area (Å²) in [5, 5.41) is 10.3. The van der Waals surface area contributed by atoms with Gasteiger partial charge in [-0.25, -0.2) is 18.4 Å². The molecule has 0 fully saturated rings. The Morgan fingerprint density at radius 1 is 1.08 bits per heavy atom. The molecule has 0 bridgehead atoms. The number of aromatic amines is 2. The summed E-state index contributed by atoms with van der Waals surface area (Å²) in [6, 6.07) is 12.6. The number of anilines is 1. The van der Waals surface area contributed by atoms with E-state index in [1.165, 1.54) is 24.4 Å². The largest absolute Gasteiger partial charge is 0.347 e. The van der Waals surface area contributed by atoms with Crippen LogP contribution in [0.1, 0.15) is 16.2 Å². The first-order valence-electron chi connectivity index (χ1n) is 10.5. The van der Waals surface area contributed by atoms with Gasteiger partial charge < -0.3 is 10.3 Å². The number of benzene rings is 2. The van der Waals surface area contributed by atoms with Crippen molar-refractivity contribution >= 4 is 55.9 Å². The Balaban J connectivity index is 1.40. The maximum atomic E-state index is 12.9. The molecule has 1 amide bonds. The van der Waals surface area contributed by atoms with Gasteiger partial charge in [-0.15, -0.1) is 0 Å². The predicted molar refractivity (Wildman–Crippen MR) is 136 cm³/mol. The molecule has 5 aromatic rings. The third kappa shape index (κ3) is 4.76. The molecule has 0 saturated heterocycles. The van der Waals surface area contributed by atoms with Gasteiger partial charge in [0.05, 0.1) is 39.4 Å². The van der Waals surface area contributed by atoms with Crippen molar-refractivity contribution in [3.63, 3.8) is 0 Å². The van der Waals surface area contributed by atoms with Gasteiger partial charge in [-0.05, 0) is 30.3 Å². The number of nitrogens with one attached hydrogen (secondary N) is 4. The van der Waals surface area contributed by atoms with Crippen LogP contribution in [0.5, 0.6) is 0 Å². The number of aromatic nitrogens is 5. The van der Waals surface area contributed by atoms with Gasteiger partial charge in [-0.2, -0.15) is 5.10 Å². The van der Waals surface area contributed by atoms with E-state index in [4.69, 9.17) is 23.2 Å². The fourth-order valence-corrected chi connectivity index (χ4v) is 5.35. The number of hydrogen-bond donors (Lipinski definition) is 4. The number of nitrogens with zero attached hydrogens (tertiary/aromatic N) is 3. The zero-order chi connectivity index (χ0) is 25.3. The summed E-state index contributed by atoms with van der Waals surface area (Å²) in [7, 11) is -3.96. The van der Waals surface area contributed by atoms with Gasteiger partial charge in [-0.3, -0.25) is 14.6 Å². The average molecular weight is 542 g/mol. The van der Waals surface area contributed by atoms with Crippen LogP contribution in [-0.2, 0) is 16.6 Å². The Kier molecular flexibility index (Phi) is 6.35. The highest BCUT2D eigenvalue weighted by Crippen LogP contribution is 2.31. The van der Waals surface area contributed by atoms with Crippen molar-refractivity contribution in [1.82, 2.24) is 30.5 Å². The van der Waals surface area contributed by atoms with Crippen molar-refractivity contribution in [2.24, 2.45) is 0 Å². The second-order valence-corrected chi connectivity index (χ2v) is 10.1. The number of carbonyl (C=O) groups is 1. The number of sulfonamides is 1. The van der Waals surface area contributed by atoms with E-state index in [9.17, 15) is 13.2 Å². The van der Waals surface area contributed by atoms with Crippen molar-refractivity contribution in [2.75, 3.05) is 4.72 Å². The number of H-pyrrole nitrogens is 2. The lowest BCUT2D eigenvalue weighted by Gasteiger charge is -2.11. The quantitative estimate of drug-likeness (QED) is 0.240.